The van der Waals surface area contributed by atoms with E-state index in [2.05, 4.69) is 11.5 Å². The van der Waals surface area contributed by atoms with Crippen molar-refractivity contribution < 1.29 is 14.4 Å². The van der Waals surface area contributed by atoms with Gasteiger partial charge in [0.1, 0.15) is 11.6 Å². The number of hydrogen-bond acceptors (Lipinski definition) is 6. The van der Waals surface area contributed by atoms with Gasteiger partial charge in [-0.25, -0.2) is 0 Å². The van der Waals surface area contributed by atoms with Gasteiger partial charge in [0.2, 0.25) is 0 Å². The molecule has 0 unspecified atom stereocenters. The molecule has 3 rings (SSSR count). The smallest absolute Gasteiger partial charge is 0.287 e. The van der Waals surface area contributed by atoms with Crippen LogP contribution >= 0.6 is 0 Å². The average molecular weight is 315 g/mol. The number of piperidine rings is 1. The molecular weight excluding hydrogens is 298 g/mol. The van der Waals surface area contributed by atoms with Crippen molar-refractivity contribution in [3.05, 3.63) is 40.0 Å². The van der Waals surface area contributed by atoms with Crippen molar-refractivity contribution >= 4 is 17.5 Å². The van der Waals surface area contributed by atoms with Gasteiger partial charge in [-0.1, -0.05) is 12.7 Å². The average Bonchev–Trinajstić information content (AvgIpc) is 3.02. The van der Waals surface area contributed by atoms with Gasteiger partial charge in [-0.15, -0.1) is 0 Å². The van der Waals surface area contributed by atoms with E-state index in [1.807, 2.05) is 6.07 Å². The van der Waals surface area contributed by atoms with E-state index in [0.29, 0.717) is 31.9 Å². The second-order valence-corrected chi connectivity index (χ2v) is 5.60. The monoisotopic (exact) mass is 315 g/mol. The first-order valence-corrected chi connectivity index (χ1v) is 7.46. The number of nitriles is 1. The Morgan fingerprint density at radius 2 is 2.00 bits per heavy atom. The summed E-state index contributed by atoms with van der Waals surface area (Å²) in [6.07, 6.45) is 3.03. The third kappa shape index (κ3) is 2.79. The Morgan fingerprint density at radius 3 is 2.52 bits per heavy atom. The summed E-state index contributed by atoms with van der Waals surface area (Å²) < 4.78 is 11.4. The van der Waals surface area contributed by atoms with Crippen LogP contribution in [0.5, 0.6) is 0 Å². The van der Waals surface area contributed by atoms with Gasteiger partial charge in [0.25, 0.3) is 5.69 Å². The van der Waals surface area contributed by atoms with Crippen molar-refractivity contribution in [1.82, 2.24) is 0 Å². The van der Waals surface area contributed by atoms with Crippen molar-refractivity contribution in [2.75, 3.05) is 31.2 Å². The van der Waals surface area contributed by atoms with Crippen molar-refractivity contribution in [3.8, 4) is 6.07 Å². The lowest BCUT2D eigenvalue weighted by atomic mass is 10.00. The van der Waals surface area contributed by atoms with Crippen LogP contribution in [0.2, 0.25) is 0 Å². The van der Waals surface area contributed by atoms with Gasteiger partial charge in [0.15, 0.2) is 5.79 Å². The van der Waals surface area contributed by atoms with Gasteiger partial charge >= 0.3 is 0 Å². The van der Waals surface area contributed by atoms with E-state index in [1.165, 1.54) is 6.07 Å². The molecule has 7 nitrogen and oxygen atoms in total. The highest BCUT2D eigenvalue weighted by atomic mass is 16.7. The number of ether oxygens (including phenoxy) is 2. The van der Waals surface area contributed by atoms with Crippen molar-refractivity contribution in [2.24, 2.45) is 0 Å². The lowest BCUT2D eigenvalue weighted by Crippen LogP contribution is -2.45. The van der Waals surface area contributed by atoms with Crippen LogP contribution in [0.25, 0.3) is 6.08 Å². The minimum atomic E-state index is -0.541. The standard InChI is InChI=1S/C16H17N3O4/c1-2-12-9-15(19(20)21)13(11-17)10-14(12)18-5-3-16(4-6-18)22-7-8-23-16/h2,9-10H,1,3-8H2. The number of hydrogen-bond donors (Lipinski definition) is 0. The van der Waals surface area contributed by atoms with Gasteiger partial charge in [0.05, 0.1) is 18.1 Å². The molecule has 120 valence electrons. The lowest BCUT2D eigenvalue weighted by molar-refractivity contribution is -0.385. The summed E-state index contributed by atoms with van der Waals surface area (Å²) in [6, 6.07) is 4.89. The Labute approximate surface area is 133 Å². The van der Waals surface area contributed by atoms with E-state index in [0.717, 1.165) is 18.5 Å². The van der Waals surface area contributed by atoms with Crippen LogP contribution in [0.1, 0.15) is 24.0 Å². The molecule has 2 heterocycles. The third-order valence-corrected chi connectivity index (χ3v) is 4.36. The zero-order valence-electron chi connectivity index (χ0n) is 12.7. The fraction of sp³-hybridized carbons (Fsp3) is 0.438. The molecule has 0 bridgehead atoms. The van der Waals surface area contributed by atoms with Crippen molar-refractivity contribution in [2.45, 2.75) is 18.6 Å². The number of nitro groups is 1. The van der Waals surface area contributed by atoms with Crippen LogP contribution in [-0.4, -0.2) is 37.0 Å². The second kappa shape index (κ2) is 5.99. The molecule has 1 aromatic carbocycles. The van der Waals surface area contributed by atoms with Crippen LogP contribution in [-0.2, 0) is 9.47 Å². The number of anilines is 1. The van der Waals surface area contributed by atoms with Gasteiger partial charge < -0.3 is 14.4 Å². The molecule has 0 radical (unpaired) electrons. The zero-order chi connectivity index (χ0) is 16.4. The molecule has 2 aliphatic heterocycles. The highest BCUT2D eigenvalue weighted by Gasteiger charge is 2.40. The number of rotatable bonds is 3. The Balaban J connectivity index is 1.89. The summed E-state index contributed by atoms with van der Waals surface area (Å²) >= 11 is 0. The van der Waals surface area contributed by atoms with Gasteiger partial charge in [-0.05, 0) is 6.07 Å². The predicted molar refractivity (Wildman–Crippen MR) is 84.0 cm³/mol. The topological polar surface area (TPSA) is 88.6 Å². The molecule has 0 amide bonds. The van der Waals surface area contributed by atoms with E-state index in [4.69, 9.17) is 9.47 Å². The number of benzene rings is 1. The molecule has 2 aliphatic rings. The summed E-state index contributed by atoms with van der Waals surface area (Å²) in [5, 5.41) is 20.3. The normalized spacial score (nSPS) is 19.5. The molecule has 2 saturated heterocycles. The van der Waals surface area contributed by atoms with E-state index in [-0.39, 0.29) is 11.3 Å². The molecule has 0 N–H and O–H groups in total. The highest BCUT2D eigenvalue weighted by Crippen LogP contribution is 2.36. The maximum absolute atomic E-state index is 11.1. The van der Waals surface area contributed by atoms with Gasteiger partial charge in [0, 0.05) is 43.2 Å². The van der Waals surface area contributed by atoms with E-state index >= 15 is 0 Å². The van der Waals surface area contributed by atoms with Crippen LogP contribution in [0.3, 0.4) is 0 Å². The molecule has 23 heavy (non-hydrogen) atoms. The van der Waals surface area contributed by atoms with Crippen LogP contribution in [0.4, 0.5) is 11.4 Å². The molecule has 1 spiro atoms. The first-order valence-electron chi connectivity index (χ1n) is 7.46. The Morgan fingerprint density at radius 1 is 1.35 bits per heavy atom. The molecule has 0 aromatic heterocycles. The summed E-state index contributed by atoms with van der Waals surface area (Å²) in [5.41, 5.74) is 1.31. The van der Waals surface area contributed by atoms with E-state index in [9.17, 15) is 15.4 Å². The largest absolute Gasteiger partial charge is 0.371 e. The van der Waals surface area contributed by atoms with Gasteiger partial charge in [-0.2, -0.15) is 5.26 Å². The molecule has 0 saturated carbocycles. The Bertz CT molecular complexity index is 679. The molecule has 7 heteroatoms. The molecular formula is C16H17N3O4. The van der Waals surface area contributed by atoms with Crippen LogP contribution in [0, 0.1) is 21.4 Å². The summed E-state index contributed by atoms with van der Waals surface area (Å²) in [5.74, 6) is -0.482. The minimum absolute atomic E-state index is 0.0595. The highest BCUT2D eigenvalue weighted by molar-refractivity contribution is 5.73. The summed E-state index contributed by atoms with van der Waals surface area (Å²) in [4.78, 5) is 12.6. The molecule has 0 aliphatic carbocycles. The second-order valence-electron chi connectivity index (χ2n) is 5.60. The quantitative estimate of drug-likeness (QED) is 0.629. The van der Waals surface area contributed by atoms with Crippen LogP contribution in [0.15, 0.2) is 18.7 Å². The SMILES string of the molecule is C=Cc1cc([N+](=O)[O-])c(C#N)cc1N1CCC2(CC1)OCCO2. The number of nitro benzene ring substituents is 1. The maximum atomic E-state index is 11.1. The zero-order valence-corrected chi connectivity index (χ0v) is 12.7. The fourth-order valence-corrected chi connectivity index (χ4v) is 3.14. The Kier molecular flexibility index (Phi) is 4.03. The van der Waals surface area contributed by atoms with Crippen molar-refractivity contribution in [3.63, 3.8) is 0 Å². The van der Waals surface area contributed by atoms with Crippen molar-refractivity contribution in [1.29, 1.82) is 5.26 Å². The fourth-order valence-electron chi connectivity index (χ4n) is 3.14. The predicted octanol–water partition coefficient (Wildman–Crippen LogP) is 2.45. The molecule has 1 aromatic rings. The minimum Gasteiger partial charge on any atom is -0.371 e. The number of nitrogens with zero attached hydrogens (tertiary/aromatic N) is 3. The van der Waals surface area contributed by atoms with Gasteiger partial charge in [-0.3, -0.25) is 10.1 Å². The molecule has 2 fully saturated rings. The summed E-state index contributed by atoms with van der Waals surface area (Å²) in [7, 11) is 0. The van der Waals surface area contributed by atoms with Crippen LogP contribution < -0.4 is 4.90 Å². The molecule has 0 atom stereocenters. The lowest BCUT2D eigenvalue weighted by Gasteiger charge is -2.39. The first kappa shape index (κ1) is 15.5. The summed E-state index contributed by atoms with van der Waals surface area (Å²) in [6.45, 7) is 6.37. The van der Waals surface area contributed by atoms with E-state index in [1.54, 1.807) is 12.1 Å². The first-order chi connectivity index (χ1) is 11.1. The maximum Gasteiger partial charge on any atom is 0.287 e. The Hall–Kier alpha value is -2.43. The third-order valence-electron chi connectivity index (χ3n) is 4.36. The van der Waals surface area contributed by atoms with E-state index < -0.39 is 10.7 Å².